The van der Waals surface area contributed by atoms with Crippen LogP contribution >= 0.6 is 0 Å². The van der Waals surface area contributed by atoms with Gasteiger partial charge in [0.2, 0.25) is 0 Å². The summed E-state index contributed by atoms with van der Waals surface area (Å²) in [7, 11) is 0. The number of nitrogens with zero attached hydrogens (tertiary/aromatic N) is 2. The quantitative estimate of drug-likeness (QED) is 0.646. The molecular formula is C15H17N5O. The minimum absolute atomic E-state index is 0.173. The van der Waals surface area contributed by atoms with E-state index in [0.717, 1.165) is 10.9 Å². The molecule has 0 spiro atoms. The lowest BCUT2D eigenvalue weighted by atomic mass is 10.1. The van der Waals surface area contributed by atoms with Gasteiger partial charge in [0.1, 0.15) is 5.82 Å². The number of carbonyl (C=O) groups is 1. The molecule has 0 radical (unpaired) electrons. The zero-order valence-electron chi connectivity index (χ0n) is 11.9. The average Bonchev–Trinajstić information content (AvgIpc) is 3.04. The number of fused-ring (bicyclic) bond motifs is 1. The van der Waals surface area contributed by atoms with Gasteiger partial charge in [-0.3, -0.25) is 4.79 Å². The Kier molecular flexibility index (Phi) is 3.13. The van der Waals surface area contributed by atoms with E-state index in [1.165, 1.54) is 0 Å². The zero-order chi connectivity index (χ0) is 15.0. The maximum Gasteiger partial charge on any atom is 0.258 e. The monoisotopic (exact) mass is 283 g/mol. The molecule has 108 valence electrons. The lowest BCUT2D eigenvalue weighted by Gasteiger charge is -2.11. The van der Waals surface area contributed by atoms with Crippen LogP contribution < -0.4 is 11.1 Å². The number of benzene rings is 1. The molecular weight excluding hydrogens is 266 g/mol. The Morgan fingerprint density at radius 3 is 2.95 bits per heavy atom. The highest BCUT2D eigenvalue weighted by atomic mass is 16.1. The third-order valence-corrected chi connectivity index (χ3v) is 3.35. The molecule has 0 unspecified atom stereocenters. The van der Waals surface area contributed by atoms with Crippen molar-refractivity contribution in [3.8, 4) is 0 Å². The SMILES string of the molecule is CC(C)n1nccc1NC(=O)c1c[nH]c2cc(N)ccc12. The molecule has 1 amide bonds. The number of H-pyrrole nitrogens is 1. The van der Waals surface area contributed by atoms with Crippen LogP contribution in [0.1, 0.15) is 30.2 Å². The van der Waals surface area contributed by atoms with Gasteiger partial charge in [-0.15, -0.1) is 0 Å². The lowest BCUT2D eigenvalue weighted by Crippen LogP contribution is -2.16. The molecule has 6 heteroatoms. The van der Waals surface area contributed by atoms with Gasteiger partial charge < -0.3 is 16.0 Å². The van der Waals surface area contributed by atoms with E-state index in [4.69, 9.17) is 5.73 Å². The molecule has 6 nitrogen and oxygen atoms in total. The number of nitrogen functional groups attached to an aromatic ring is 1. The summed E-state index contributed by atoms with van der Waals surface area (Å²) in [4.78, 5) is 15.5. The number of carbonyl (C=O) groups excluding carboxylic acids is 1. The summed E-state index contributed by atoms with van der Waals surface area (Å²) in [6.45, 7) is 4.02. The first-order valence-corrected chi connectivity index (χ1v) is 6.77. The third-order valence-electron chi connectivity index (χ3n) is 3.35. The smallest absolute Gasteiger partial charge is 0.258 e. The fourth-order valence-corrected chi connectivity index (χ4v) is 2.34. The van der Waals surface area contributed by atoms with Crippen molar-refractivity contribution < 1.29 is 4.79 Å². The standard InChI is InChI=1S/C15H17N5O/c1-9(2)20-14(5-6-18-20)19-15(21)12-8-17-13-7-10(16)3-4-11(12)13/h3-9,17H,16H2,1-2H3,(H,19,21). The minimum Gasteiger partial charge on any atom is -0.399 e. The van der Waals surface area contributed by atoms with Gasteiger partial charge in [0.25, 0.3) is 5.91 Å². The maximum atomic E-state index is 12.4. The van der Waals surface area contributed by atoms with Crippen LogP contribution in [0.5, 0.6) is 0 Å². The van der Waals surface area contributed by atoms with Gasteiger partial charge in [0, 0.05) is 34.9 Å². The van der Waals surface area contributed by atoms with Gasteiger partial charge in [-0.2, -0.15) is 5.10 Å². The molecule has 0 saturated carbocycles. The molecule has 2 heterocycles. The highest BCUT2D eigenvalue weighted by molar-refractivity contribution is 6.12. The van der Waals surface area contributed by atoms with Gasteiger partial charge in [-0.1, -0.05) is 0 Å². The van der Waals surface area contributed by atoms with Crippen molar-refractivity contribution in [3.05, 3.63) is 42.2 Å². The summed E-state index contributed by atoms with van der Waals surface area (Å²) in [5, 5.41) is 7.94. The first-order chi connectivity index (χ1) is 10.1. The van der Waals surface area contributed by atoms with Crippen molar-refractivity contribution in [2.75, 3.05) is 11.1 Å². The van der Waals surface area contributed by atoms with E-state index in [1.54, 1.807) is 29.2 Å². The number of aromatic nitrogens is 3. The van der Waals surface area contributed by atoms with Crippen molar-refractivity contribution in [3.63, 3.8) is 0 Å². The van der Waals surface area contributed by atoms with Crippen molar-refractivity contribution in [1.82, 2.24) is 14.8 Å². The summed E-state index contributed by atoms with van der Waals surface area (Å²) in [6.07, 6.45) is 3.36. The van der Waals surface area contributed by atoms with E-state index < -0.39 is 0 Å². The molecule has 1 aromatic carbocycles. The molecule has 0 aliphatic heterocycles. The Hall–Kier alpha value is -2.76. The molecule has 0 aliphatic rings. The summed E-state index contributed by atoms with van der Waals surface area (Å²) in [5.74, 6) is 0.508. The maximum absolute atomic E-state index is 12.4. The molecule has 0 saturated heterocycles. The van der Waals surface area contributed by atoms with Crippen molar-refractivity contribution in [2.45, 2.75) is 19.9 Å². The van der Waals surface area contributed by atoms with Crippen LogP contribution in [0.3, 0.4) is 0 Å². The minimum atomic E-state index is -0.173. The van der Waals surface area contributed by atoms with Gasteiger partial charge in [0.15, 0.2) is 0 Å². The van der Waals surface area contributed by atoms with E-state index in [1.807, 2.05) is 26.0 Å². The molecule has 0 bridgehead atoms. The fraction of sp³-hybridized carbons (Fsp3) is 0.200. The first-order valence-electron chi connectivity index (χ1n) is 6.77. The largest absolute Gasteiger partial charge is 0.399 e. The van der Waals surface area contributed by atoms with Gasteiger partial charge in [-0.25, -0.2) is 4.68 Å². The second-order valence-electron chi connectivity index (χ2n) is 5.22. The number of anilines is 2. The van der Waals surface area contributed by atoms with Crippen LogP contribution in [0, 0.1) is 0 Å². The second-order valence-corrected chi connectivity index (χ2v) is 5.22. The molecule has 0 fully saturated rings. The van der Waals surface area contributed by atoms with E-state index in [0.29, 0.717) is 17.1 Å². The Bertz CT molecular complexity index is 799. The van der Waals surface area contributed by atoms with Gasteiger partial charge in [0.05, 0.1) is 11.8 Å². The normalized spacial score (nSPS) is 11.2. The predicted molar refractivity (Wildman–Crippen MR) is 83.3 cm³/mol. The Morgan fingerprint density at radius 2 is 2.19 bits per heavy atom. The highest BCUT2D eigenvalue weighted by Gasteiger charge is 2.15. The Labute approximate surface area is 121 Å². The summed E-state index contributed by atoms with van der Waals surface area (Å²) < 4.78 is 1.77. The van der Waals surface area contributed by atoms with Crippen molar-refractivity contribution in [2.24, 2.45) is 0 Å². The Balaban J connectivity index is 1.92. The van der Waals surface area contributed by atoms with Crippen LogP contribution in [0.2, 0.25) is 0 Å². The van der Waals surface area contributed by atoms with Crippen LogP contribution in [0.15, 0.2) is 36.7 Å². The number of amides is 1. The first kappa shape index (κ1) is 13.2. The molecule has 0 aliphatic carbocycles. The number of aromatic amines is 1. The topological polar surface area (TPSA) is 88.7 Å². The summed E-state index contributed by atoms with van der Waals surface area (Å²) in [6, 6.07) is 7.40. The van der Waals surface area contributed by atoms with E-state index in [2.05, 4.69) is 15.4 Å². The molecule has 3 rings (SSSR count). The lowest BCUT2D eigenvalue weighted by molar-refractivity contribution is 0.102. The van der Waals surface area contributed by atoms with Crippen LogP contribution in [-0.4, -0.2) is 20.7 Å². The summed E-state index contributed by atoms with van der Waals surface area (Å²) >= 11 is 0. The molecule has 2 aromatic heterocycles. The zero-order valence-corrected chi connectivity index (χ0v) is 11.9. The molecule has 21 heavy (non-hydrogen) atoms. The second kappa shape index (κ2) is 4.97. The van der Waals surface area contributed by atoms with Gasteiger partial charge in [-0.05, 0) is 32.0 Å². The number of nitrogens with one attached hydrogen (secondary N) is 2. The van der Waals surface area contributed by atoms with E-state index >= 15 is 0 Å². The third kappa shape index (κ3) is 2.35. The molecule has 0 atom stereocenters. The van der Waals surface area contributed by atoms with Crippen molar-refractivity contribution >= 4 is 28.3 Å². The van der Waals surface area contributed by atoms with E-state index in [9.17, 15) is 4.79 Å². The number of hydrogen-bond donors (Lipinski definition) is 3. The average molecular weight is 283 g/mol. The Morgan fingerprint density at radius 1 is 1.38 bits per heavy atom. The fourth-order valence-electron chi connectivity index (χ4n) is 2.34. The summed E-state index contributed by atoms with van der Waals surface area (Å²) in [5.41, 5.74) is 7.83. The van der Waals surface area contributed by atoms with Gasteiger partial charge >= 0.3 is 0 Å². The van der Waals surface area contributed by atoms with Crippen molar-refractivity contribution in [1.29, 1.82) is 0 Å². The van der Waals surface area contributed by atoms with Crippen LogP contribution in [-0.2, 0) is 0 Å². The predicted octanol–water partition coefficient (Wildman–Crippen LogP) is 2.78. The molecule has 3 aromatic rings. The molecule has 4 N–H and O–H groups in total. The number of nitrogens with two attached hydrogens (primary N) is 1. The number of rotatable bonds is 3. The van der Waals surface area contributed by atoms with Crippen LogP contribution in [0.25, 0.3) is 10.9 Å². The number of hydrogen-bond acceptors (Lipinski definition) is 3. The highest BCUT2D eigenvalue weighted by Crippen LogP contribution is 2.22. The van der Waals surface area contributed by atoms with E-state index in [-0.39, 0.29) is 11.9 Å². The van der Waals surface area contributed by atoms with Crippen LogP contribution in [0.4, 0.5) is 11.5 Å².